The molecule has 0 atom stereocenters. The molecule has 0 unspecified atom stereocenters. The summed E-state index contributed by atoms with van der Waals surface area (Å²) in [6, 6.07) is 0. The van der Waals surface area contributed by atoms with Gasteiger partial charge in [0.25, 0.3) is 0 Å². The van der Waals surface area contributed by atoms with Crippen molar-refractivity contribution in [2.24, 2.45) is 0 Å². The van der Waals surface area contributed by atoms with Crippen LogP contribution in [-0.4, -0.2) is 36.3 Å². The predicted octanol–water partition coefficient (Wildman–Crippen LogP) is 1.99. The zero-order chi connectivity index (χ0) is 12.5. The lowest BCUT2D eigenvalue weighted by atomic mass is 10.3. The summed E-state index contributed by atoms with van der Waals surface area (Å²) in [6.45, 7) is 5.39. The number of nitrogens with zero attached hydrogens (tertiary/aromatic N) is 3. The lowest BCUT2D eigenvalue weighted by molar-refractivity contribution is 0.122. The third-order valence-electron chi connectivity index (χ3n) is 2.82. The normalized spacial score (nSPS) is 16.2. The van der Waals surface area contributed by atoms with E-state index in [-0.39, 0.29) is 0 Å². The second kappa shape index (κ2) is 4.83. The van der Waals surface area contributed by atoms with Crippen LogP contribution in [0.25, 0.3) is 10.6 Å². The van der Waals surface area contributed by atoms with E-state index >= 15 is 0 Å². The maximum Gasteiger partial charge on any atom is 0.186 e. The smallest absolute Gasteiger partial charge is 0.186 e. The fourth-order valence-corrected chi connectivity index (χ4v) is 3.61. The molecule has 1 fully saturated rings. The minimum atomic E-state index is 0.603. The Morgan fingerprint density at radius 2 is 2.11 bits per heavy atom. The maximum atomic E-state index is 5.68. The largest absolute Gasteiger partial charge is 0.378 e. The van der Waals surface area contributed by atoms with Crippen molar-refractivity contribution in [1.29, 1.82) is 0 Å². The standard InChI is InChI=1S/C11H14N4OS2/c1-7-9(8-6-17-10(12)14-8)18-11(13-7)15-2-4-16-5-3-15/h6H,2-5H2,1H3,(H2,12,14). The summed E-state index contributed by atoms with van der Waals surface area (Å²) in [5.74, 6) is 0. The van der Waals surface area contributed by atoms with Gasteiger partial charge in [0, 0.05) is 18.5 Å². The predicted molar refractivity (Wildman–Crippen MR) is 75.4 cm³/mol. The van der Waals surface area contributed by atoms with E-state index in [1.807, 2.05) is 12.3 Å². The Morgan fingerprint density at radius 1 is 1.33 bits per heavy atom. The molecule has 0 bridgehead atoms. The second-order valence-electron chi connectivity index (χ2n) is 4.08. The summed E-state index contributed by atoms with van der Waals surface area (Å²) in [5, 5.41) is 3.64. The number of nitrogen functional groups attached to an aromatic ring is 1. The molecule has 0 saturated carbocycles. The molecule has 5 nitrogen and oxygen atoms in total. The monoisotopic (exact) mass is 282 g/mol. The molecule has 3 heterocycles. The van der Waals surface area contributed by atoms with Gasteiger partial charge in [0.15, 0.2) is 10.3 Å². The molecule has 1 aliphatic heterocycles. The van der Waals surface area contributed by atoms with Gasteiger partial charge in [0.1, 0.15) is 0 Å². The van der Waals surface area contributed by atoms with E-state index in [1.54, 1.807) is 11.3 Å². The Morgan fingerprint density at radius 3 is 2.78 bits per heavy atom. The van der Waals surface area contributed by atoms with Gasteiger partial charge in [0.2, 0.25) is 0 Å². The lowest BCUT2D eigenvalue weighted by Gasteiger charge is -2.25. The van der Waals surface area contributed by atoms with Gasteiger partial charge in [0.05, 0.1) is 29.5 Å². The summed E-state index contributed by atoms with van der Waals surface area (Å²) < 4.78 is 5.35. The second-order valence-corrected chi connectivity index (χ2v) is 5.95. The molecule has 0 aliphatic carbocycles. The van der Waals surface area contributed by atoms with Crippen molar-refractivity contribution in [3.8, 4) is 10.6 Å². The molecular weight excluding hydrogens is 268 g/mol. The van der Waals surface area contributed by atoms with Crippen LogP contribution in [0.2, 0.25) is 0 Å². The molecule has 0 amide bonds. The average Bonchev–Trinajstić information content (AvgIpc) is 2.97. The quantitative estimate of drug-likeness (QED) is 0.912. The van der Waals surface area contributed by atoms with Gasteiger partial charge in [-0.1, -0.05) is 11.3 Å². The van der Waals surface area contributed by atoms with Crippen LogP contribution in [0.4, 0.5) is 10.3 Å². The van der Waals surface area contributed by atoms with Gasteiger partial charge in [-0.3, -0.25) is 0 Å². The minimum Gasteiger partial charge on any atom is -0.378 e. The van der Waals surface area contributed by atoms with Crippen LogP contribution in [0.15, 0.2) is 5.38 Å². The first-order valence-electron chi connectivity index (χ1n) is 5.75. The van der Waals surface area contributed by atoms with Crippen LogP contribution in [0.1, 0.15) is 5.69 Å². The molecular formula is C11H14N4OS2. The van der Waals surface area contributed by atoms with Gasteiger partial charge >= 0.3 is 0 Å². The Balaban J connectivity index is 1.90. The van der Waals surface area contributed by atoms with Gasteiger partial charge in [-0.25, -0.2) is 9.97 Å². The number of morpholine rings is 1. The highest BCUT2D eigenvalue weighted by atomic mass is 32.1. The summed E-state index contributed by atoms with van der Waals surface area (Å²) in [5.41, 5.74) is 7.64. The van der Waals surface area contributed by atoms with Crippen molar-refractivity contribution in [2.45, 2.75) is 6.92 Å². The Hall–Kier alpha value is -1.18. The molecule has 2 N–H and O–H groups in total. The van der Waals surface area contributed by atoms with Crippen molar-refractivity contribution >= 4 is 32.9 Å². The summed E-state index contributed by atoms with van der Waals surface area (Å²) in [6.07, 6.45) is 0. The molecule has 2 aromatic rings. The Bertz CT molecular complexity index is 545. The number of ether oxygens (including phenoxy) is 1. The van der Waals surface area contributed by atoms with E-state index in [0.29, 0.717) is 5.13 Å². The molecule has 0 radical (unpaired) electrons. The first-order valence-corrected chi connectivity index (χ1v) is 7.45. The summed E-state index contributed by atoms with van der Waals surface area (Å²) in [7, 11) is 0. The molecule has 2 aromatic heterocycles. The minimum absolute atomic E-state index is 0.603. The van der Waals surface area contributed by atoms with Crippen LogP contribution in [0.5, 0.6) is 0 Å². The number of rotatable bonds is 2. The Labute approximate surface area is 113 Å². The van der Waals surface area contributed by atoms with Crippen LogP contribution in [0.3, 0.4) is 0 Å². The van der Waals surface area contributed by atoms with E-state index in [4.69, 9.17) is 10.5 Å². The molecule has 0 spiro atoms. The van der Waals surface area contributed by atoms with Gasteiger partial charge in [-0.2, -0.15) is 0 Å². The van der Waals surface area contributed by atoms with Crippen molar-refractivity contribution < 1.29 is 4.74 Å². The zero-order valence-electron chi connectivity index (χ0n) is 10.0. The number of aromatic nitrogens is 2. The van der Waals surface area contributed by atoms with Crippen molar-refractivity contribution in [3.05, 3.63) is 11.1 Å². The molecule has 0 aromatic carbocycles. The van der Waals surface area contributed by atoms with Crippen LogP contribution in [-0.2, 0) is 4.74 Å². The number of nitrogens with two attached hydrogens (primary N) is 1. The SMILES string of the molecule is Cc1nc(N2CCOCC2)sc1-c1csc(N)n1. The highest BCUT2D eigenvalue weighted by molar-refractivity contribution is 7.19. The molecule has 3 rings (SSSR count). The summed E-state index contributed by atoms with van der Waals surface area (Å²) in [4.78, 5) is 12.3. The highest BCUT2D eigenvalue weighted by Crippen LogP contribution is 2.35. The van der Waals surface area contributed by atoms with Crippen LogP contribution < -0.4 is 10.6 Å². The van der Waals surface area contributed by atoms with Crippen LogP contribution >= 0.6 is 22.7 Å². The van der Waals surface area contributed by atoms with Gasteiger partial charge in [-0.05, 0) is 6.92 Å². The van der Waals surface area contributed by atoms with E-state index in [9.17, 15) is 0 Å². The topological polar surface area (TPSA) is 64.3 Å². The number of hydrogen-bond donors (Lipinski definition) is 1. The number of hydrogen-bond acceptors (Lipinski definition) is 7. The molecule has 1 saturated heterocycles. The van der Waals surface area contributed by atoms with E-state index < -0.39 is 0 Å². The number of anilines is 2. The lowest BCUT2D eigenvalue weighted by Crippen LogP contribution is -2.36. The number of thiazole rings is 2. The highest BCUT2D eigenvalue weighted by Gasteiger charge is 2.18. The van der Waals surface area contributed by atoms with E-state index in [0.717, 1.165) is 47.7 Å². The van der Waals surface area contributed by atoms with Crippen LogP contribution in [0, 0.1) is 6.92 Å². The van der Waals surface area contributed by atoms with Crippen molar-refractivity contribution in [1.82, 2.24) is 9.97 Å². The first-order chi connectivity index (χ1) is 8.74. The Kier molecular flexibility index (Phi) is 3.19. The first kappa shape index (κ1) is 11.9. The third kappa shape index (κ3) is 2.21. The van der Waals surface area contributed by atoms with E-state index in [2.05, 4.69) is 14.9 Å². The van der Waals surface area contributed by atoms with Gasteiger partial charge < -0.3 is 15.4 Å². The molecule has 7 heteroatoms. The maximum absolute atomic E-state index is 5.68. The molecule has 18 heavy (non-hydrogen) atoms. The average molecular weight is 282 g/mol. The molecule has 1 aliphatic rings. The summed E-state index contributed by atoms with van der Waals surface area (Å²) >= 11 is 3.15. The van der Waals surface area contributed by atoms with Crippen molar-refractivity contribution in [2.75, 3.05) is 36.9 Å². The molecule has 96 valence electrons. The zero-order valence-corrected chi connectivity index (χ0v) is 11.7. The fourth-order valence-electron chi connectivity index (χ4n) is 1.90. The number of aryl methyl sites for hydroxylation is 1. The van der Waals surface area contributed by atoms with E-state index in [1.165, 1.54) is 11.3 Å². The third-order valence-corrected chi connectivity index (χ3v) is 4.74. The van der Waals surface area contributed by atoms with Gasteiger partial charge in [-0.15, -0.1) is 11.3 Å². The fraction of sp³-hybridized carbons (Fsp3) is 0.455. The van der Waals surface area contributed by atoms with Crippen molar-refractivity contribution in [3.63, 3.8) is 0 Å².